The summed E-state index contributed by atoms with van der Waals surface area (Å²) in [5.74, 6) is -0.0551. The van der Waals surface area contributed by atoms with E-state index in [-0.39, 0.29) is 5.97 Å². The predicted molar refractivity (Wildman–Crippen MR) is 82.2 cm³/mol. The Bertz CT molecular complexity index is 240. The molecule has 0 saturated heterocycles. The Morgan fingerprint density at radius 1 is 0.895 bits per heavy atom. The molecule has 0 saturated carbocycles. The lowest BCUT2D eigenvalue weighted by atomic mass is 10.1. The van der Waals surface area contributed by atoms with Gasteiger partial charge in [0.15, 0.2) is 0 Å². The Morgan fingerprint density at radius 3 is 1.95 bits per heavy atom. The minimum absolute atomic E-state index is 0.0551. The first-order valence-corrected chi connectivity index (χ1v) is 7.95. The van der Waals surface area contributed by atoms with Crippen molar-refractivity contribution < 1.29 is 9.53 Å². The Kier molecular flexibility index (Phi) is 13.1. The number of esters is 1. The van der Waals surface area contributed by atoms with Gasteiger partial charge in [0, 0.05) is 6.42 Å². The van der Waals surface area contributed by atoms with Gasteiger partial charge in [0.25, 0.3) is 0 Å². The summed E-state index contributed by atoms with van der Waals surface area (Å²) in [6.45, 7) is 6.69. The number of hydrogen-bond donors (Lipinski definition) is 0. The minimum Gasteiger partial charge on any atom is -0.461 e. The van der Waals surface area contributed by atoms with E-state index in [2.05, 4.69) is 6.92 Å². The van der Waals surface area contributed by atoms with Crippen molar-refractivity contribution in [3.63, 3.8) is 0 Å². The van der Waals surface area contributed by atoms with E-state index < -0.39 is 0 Å². The Labute approximate surface area is 119 Å². The number of carbonyl (C=O) groups excluding carboxylic acids is 1. The summed E-state index contributed by atoms with van der Waals surface area (Å²) >= 11 is 0. The fraction of sp³-hybridized carbons (Fsp3) is 0.824. The maximum Gasteiger partial charge on any atom is 0.306 e. The van der Waals surface area contributed by atoms with Gasteiger partial charge in [0.1, 0.15) is 6.61 Å². The number of allylic oxidation sites excluding steroid dienone is 1. The van der Waals surface area contributed by atoms with Crippen LogP contribution in [0.1, 0.15) is 85.0 Å². The van der Waals surface area contributed by atoms with Gasteiger partial charge >= 0.3 is 5.97 Å². The third-order valence-electron chi connectivity index (χ3n) is 3.22. The molecule has 0 rings (SSSR count). The van der Waals surface area contributed by atoms with E-state index in [1.54, 1.807) is 0 Å². The third kappa shape index (κ3) is 15.2. The van der Waals surface area contributed by atoms with Gasteiger partial charge in [0.05, 0.1) is 0 Å². The molecule has 0 spiro atoms. The van der Waals surface area contributed by atoms with Crippen LogP contribution in [0.5, 0.6) is 0 Å². The fourth-order valence-corrected chi connectivity index (χ4v) is 1.95. The number of ether oxygens (including phenoxy) is 1. The molecule has 0 aromatic carbocycles. The number of rotatable bonds is 12. The van der Waals surface area contributed by atoms with Gasteiger partial charge in [0.2, 0.25) is 0 Å². The molecule has 112 valence electrons. The van der Waals surface area contributed by atoms with Crippen LogP contribution in [0, 0.1) is 0 Å². The molecule has 2 nitrogen and oxygen atoms in total. The first-order valence-electron chi connectivity index (χ1n) is 7.95. The van der Waals surface area contributed by atoms with E-state index in [0.717, 1.165) is 12.8 Å². The highest BCUT2D eigenvalue weighted by Crippen LogP contribution is 2.10. The molecule has 0 aromatic rings. The number of carbonyl (C=O) groups is 1. The first-order chi connectivity index (χ1) is 9.16. The summed E-state index contributed by atoms with van der Waals surface area (Å²) in [7, 11) is 0. The van der Waals surface area contributed by atoms with E-state index in [9.17, 15) is 4.79 Å². The van der Waals surface area contributed by atoms with Crippen LogP contribution >= 0.6 is 0 Å². The second kappa shape index (κ2) is 13.6. The molecule has 0 aliphatic heterocycles. The van der Waals surface area contributed by atoms with Crippen LogP contribution in [0.25, 0.3) is 0 Å². The van der Waals surface area contributed by atoms with Gasteiger partial charge in [-0.05, 0) is 26.3 Å². The van der Waals surface area contributed by atoms with Gasteiger partial charge in [-0.2, -0.15) is 0 Å². The molecule has 0 aromatic heterocycles. The van der Waals surface area contributed by atoms with Crippen LogP contribution in [0.3, 0.4) is 0 Å². The SMILES string of the molecule is CCCCCCCCCCCC(=O)OCC=C(C)C. The zero-order chi connectivity index (χ0) is 14.3. The van der Waals surface area contributed by atoms with Crippen LogP contribution in [0.2, 0.25) is 0 Å². The van der Waals surface area contributed by atoms with Crippen LogP contribution in [0.15, 0.2) is 11.6 Å². The van der Waals surface area contributed by atoms with Gasteiger partial charge < -0.3 is 4.74 Å². The van der Waals surface area contributed by atoms with Gasteiger partial charge in [-0.15, -0.1) is 0 Å². The van der Waals surface area contributed by atoms with Crippen molar-refractivity contribution in [1.82, 2.24) is 0 Å². The standard InChI is InChI=1S/C17H32O2/c1-4-5-6-7-8-9-10-11-12-13-17(18)19-15-14-16(2)3/h14H,4-13,15H2,1-3H3. The van der Waals surface area contributed by atoms with Gasteiger partial charge in [-0.3, -0.25) is 4.79 Å². The molecular formula is C17H32O2. The van der Waals surface area contributed by atoms with E-state index in [4.69, 9.17) is 4.74 Å². The molecule has 0 fully saturated rings. The van der Waals surface area contributed by atoms with E-state index in [0.29, 0.717) is 13.0 Å². The maximum absolute atomic E-state index is 11.4. The largest absolute Gasteiger partial charge is 0.461 e. The summed E-state index contributed by atoms with van der Waals surface area (Å²) in [4.78, 5) is 11.4. The second-order valence-electron chi connectivity index (χ2n) is 5.54. The van der Waals surface area contributed by atoms with Crippen LogP contribution in [-0.4, -0.2) is 12.6 Å². The molecule has 19 heavy (non-hydrogen) atoms. The molecule has 0 aliphatic rings. The molecule has 0 aliphatic carbocycles. The first kappa shape index (κ1) is 18.2. The van der Waals surface area contributed by atoms with Crippen molar-refractivity contribution in [1.29, 1.82) is 0 Å². The van der Waals surface area contributed by atoms with Gasteiger partial charge in [-0.1, -0.05) is 63.9 Å². The zero-order valence-corrected chi connectivity index (χ0v) is 13.2. The molecule has 0 heterocycles. The van der Waals surface area contributed by atoms with Crippen LogP contribution < -0.4 is 0 Å². The Hall–Kier alpha value is -0.790. The highest BCUT2D eigenvalue weighted by Gasteiger charge is 2.01. The Balaban J connectivity index is 3.21. The lowest BCUT2D eigenvalue weighted by Gasteiger charge is -2.03. The van der Waals surface area contributed by atoms with Crippen molar-refractivity contribution in [3.05, 3.63) is 11.6 Å². The van der Waals surface area contributed by atoms with E-state index in [1.807, 2.05) is 19.9 Å². The third-order valence-corrected chi connectivity index (χ3v) is 3.22. The number of hydrogen-bond acceptors (Lipinski definition) is 2. The van der Waals surface area contributed by atoms with Crippen LogP contribution in [-0.2, 0) is 9.53 Å². The quantitative estimate of drug-likeness (QED) is 0.268. The maximum atomic E-state index is 11.4. The topological polar surface area (TPSA) is 26.3 Å². The average Bonchev–Trinajstić information content (AvgIpc) is 2.36. The minimum atomic E-state index is -0.0551. The fourth-order valence-electron chi connectivity index (χ4n) is 1.95. The highest BCUT2D eigenvalue weighted by molar-refractivity contribution is 5.69. The van der Waals surface area contributed by atoms with Crippen LogP contribution in [0.4, 0.5) is 0 Å². The zero-order valence-electron chi connectivity index (χ0n) is 13.2. The predicted octanol–water partition coefficient (Wildman–Crippen LogP) is 5.42. The Morgan fingerprint density at radius 2 is 1.42 bits per heavy atom. The molecule has 0 amide bonds. The van der Waals surface area contributed by atoms with Crippen molar-refractivity contribution in [2.45, 2.75) is 85.0 Å². The smallest absolute Gasteiger partial charge is 0.306 e. The molecule has 0 bridgehead atoms. The lowest BCUT2D eigenvalue weighted by Crippen LogP contribution is -2.04. The average molecular weight is 268 g/mol. The van der Waals surface area contributed by atoms with Crippen molar-refractivity contribution in [2.24, 2.45) is 0 Å². The summed E-state index contributed by atoms with van der Waals surface area (Å²) in [6.07, 6.45) is 14.0. The van der Waals surface area contributed by atoms with Crippen molar-refractivity contribution in [2.75, 3.05) is 6.61 Å². The highest BCUT2D eigenvalue weighted by atomic mass is 16.5. The molecule has 0 N–H and O–H groups in total. The second-order valence-corrected chi connectivity index (χ2v) is 5.54. The van der Waals surface area contributed by atoms with Crippen molar-refractivity contribution in [3.8, 4) is 0 Å². The molecule has 0 radical (unpaired) electrons. The number of unbranched alkanes of at least 4 members (excludes halogenated alkanes) is 8. The molecule has 2 heteroatoms. The summed E-state index contributed by atoms with van der Waals surface area (Å²) < 4.78 is 5.11. The summed E-state index contributed by atoms with van der Waals surface area (Å²) in [6, 6.07) is 0. The molecule has 0 atom stereocenters. The van der Waals surface area contributed by atoms with E-state index >= 15 is 0 Å². The van der Waals surface area contributed by atoms with Crippen molar-refractivity contribution >= 4 is 5.97 Å². The van der Waals surface area contributed by atoms with Gasteiger partial charge in [-0.25, -0.2) is 0 Å². The molecular weight excluding hydrogens is 236 g/mol. The monoisotopic (exact) mass is 268 g/mol. The summed E-state index contributed by atoms with van der Waals surface area (Å²) in [5, 5.41) is 0. The summed E-state index contributed by atoms with van der Waals surface area (Å²) in [5.41, 5.74) is 1.19. The normalized spacial score (nSPS) is 10.3. The molecule has 0 unspecified atom stereocenters. The van der Waals surface area contributed by atoms with E-state index in [1.165, 1.54) is 50.5 Å². The lowest BCUT2D eigenvalue weighted by molar-refractivity contribution is -0.142.